The SMILES string of the molecule is CN1CCN(CC(=O)N2CCC(NC(=O)c3cc(Cl)cc(Cl)c3O)CC2)CC1. The highest BCUT2D eigenvalue weighted by Crippen LogP contribution is 2.31. The Morgan fingerprint density at radius 1 is 1.11 bits per heavy atom. The van der Waals surface area contributed by atoms with E-state index in [1.807, 2.05) is 4.90 Å². The first-order valence-corrected chi connectivity index (χ1v) is 10.3. The van der Waals surface area contributed by atoms with Crippen LogP contribution >= 0.6 is 23.2 Å². The molecule has 0 radical (unpaired) electrons. The highest BCUT2D eigenvalue weighted by molar-refractivity contribution is 6.36. The number of benzene rings is 1. The van der Waals surface area contributed by atoms with Crippen LogP contribution < -0.4 is 5.32 Å². The third kappa shape index (κ3) is 5.29. The molecular formula is C19H26Cl2N4O3. The smallest absolute Gasteiger partial charge is 0.255 e. The number of amides is 2. The fraction of sp³-hybridized carbons (Fsp3) is 0.579. The monoisotopic (exact) mass is 428 g/mol. The van der Waals surface area contributed by atoms with Crippen molar-refractivity contribution >= 4 is 35.0 Å². The lowest BCUT2D eigenvalue weighted by molar-refractivity contribution is -0.133. The van der Waals surface area contributed by atoms with E-state index in [0.29, 0.717) is 32.5 Å². The molecule has 2 aliphatic rings. The first-order valence-electron chi connectivity index (χ1n) is 9.51. The average molecular weight is 429 g/mol. The normalized spacial score (nSPS) is 19.6. The number of piperidine rings is 1. The summed E-state index contributed by atoms with van der Waals surface area (Å²) in [5.41, 5.74) is 0.0612. The van der Waals surface area contributed by atoms with E-state index < -0.39 is 5.91 Å². The lowest BCUT2D eigenvalue weighted by atomic mass is 10.0. The van der Waals surface area contributed by atoms with Crippen LogP contribution in [-0.4, -0.2) is 90.5 Å². The summed E-state index contributed by atoms with van der Waals surface area (Å²) >= 11 is 11.8. The summed E-state index contributed by atoms with van der Waals surface area (Å²) in [5.74, 6) is -0.541. The van der Waals surface area contributed by atoms with E-state index >= 15 is 0 Å². The van der Waals surface area contributed by atoms with Crippen molar-refractivity contribution < 1.29 is 14.7 Å². The molecule has 2 N–H and O–H groups in total. The maximum atomic E-state index is 12.5. The minimum absolute atomic E-state index is 0.0435. The molecule has 154 valence electrons. The first-order chi connectivity index (χ1) is 13.3. The summed E-state index contributed by atoms with van der Waals surface area (Å²) in [7, 11) is 2.09. The molecule has 0 atom stereocenters. The molecule has 1 aromatic carbocycles. The van der Waals surface area contributed by atoms with Gasteiger partial charge in [-0.1, -0.05) is 23.2 Å². The Morgan fingerprint density at radius 2 is 1.75 bits per heavy atom. The minimum Gasteiger partial charge on any atom is -0.506 e. The molecule has 0 aliphatic carbocycles. The summed E-state index contributed by atoms with van der Waals surface area (Å²) < 4.78 is 0. The number of aromatic hydroxyl groups is 1. The Bertz CT molecular complexity index is 730. The van der Waals surface area contributed by atoms with E-state index in [2.05, 4.69) is 22.2 Å². The van der Waals surface area contributed by atoms with Crippen molar-refractivity contribution in [2.75, 3.05) is 52.9 Å². The molecule has 0 unspecified atom stereocenters. The van der Waals surface area contributed by atoms with E-state index in [1.54, 1.807) is 0 Å². The van der Waals surface area contributed by atoms with Crippen molar-refractivity contribution in [1.29, 1.82) is 0 Å². The second kappa shape index (κ2) is 9.31. The molecule has 2 heterocycles. The van der Waals surface area contributed by atoms with Crippen LogP contribution in [0, 0.1) is 0 Å². The van der Waals surface area contributed by atoms with Crippen LogP contribution in [-0.2, 0) is 4.79 Å². The number of nitrogens with zero attached hydrogens (tertiary/aromatic N) is 3. The quantitative estimate of drug-likeness (QED) is 0.762. The lowest BCUT2D eigenvalue weighted by Crippen LogP contribution is -2.51. The number of nitrogens with one attached hydrogen (secondary N) is 1. The highest BCUT2D eigenvalue weighted by Gasteiger charge is 2.27. The number of carbonyl (C=O) groups excluding carboxylic acids is 2. The summed E-state index contributed by atoms with van der Waals surface area (Å²) in [6.45, 7) is 5.49. The largest absolute Gasteiger partial charge is 0.506 e. The number of phenols is 1. The third-order valence-corrected chi connectivity index (χ3v) is 5.92. The molecule has 0 aromatic heterocycles. The number of halogens is 2. The van der Waals surface area contributed by atoms with Crippen LogP contribution in [0.15, 0.2) is 12.1 Å². The fourth-order valence-electron chi connectivity index (χ4n) is 3.57. The summed E-state index contributed by atoms with van der Waals surface area (Å²) in [5, 5.41) is 13.2. The number of rotatable bonds is 4. The van der Waals surface area contributed by atoms with Gasteiger partial charge in [-0.05, 0) is 32.0 Å². The maximum Gasteiger partial charge on any atom is 0.255 e. The fourth-order valence-corrected chi connectivity index (χ4v) is 4.07. The average Bonchev–Trinajstić information content (AvgIpc) is 2.67. The van der Waals surface area contributed by atoms with Crippen molar-refractivity contribution in [2.24, 2.45) is 0 Å². The van der Waals surface area contributed by atoms with Crippen molar-refractivity contribution in [3.05, 3.63) is 27.7 Å². The summed E-state index contributed by atoms with van der Waals surface area (Å²) in [6.07, 6.45) is 1.35. The van der Waals surface area contributed by atoms with Gasteiger partial charge in [-0.3, -0.25) is 14.5 Å². The third-order valence-electron chi connectivity index (χ3n) is 5.41. The Labute approximate surface area is 175 Å². The molecule has 0 saturated carbocycles. The van der Waals surface area contributed by atoms with Gasteiger partial charge >= 0.3 is 0 Å². The molecule has 7 nitrogen and oxygen atoms in total. The van der Waals surface area contributed by atoms with Crippen LogP contribution in [0.5, 0.6) is 5.75 Å². The Morgan fingerprint density at radius 3 is 2.39 bits per heavy atom. The van der Waals surface area contributed by atoms with Crippen LogP contribution in [0.1, 0.15) is 23.2 Å². The molecule has 2 aliphatic heterocycles. The molecule has 2 amide bonds. The van der Waals surface area contributed by atoms with Crippen molar-refractivity contribution in [3.8, 4) is 5.75 Å². The van der Waals surface area contributed by atoms with Crippen LogP contribution in [0.4, 0.5) is 0 Å². The zero-order chi connectivity index (χ0) is 20.3. The summed E-state index contributed by atoms with van der Waals surface area (Å²) in [6, 6.07) is 2.73. The van der Waals surface area contributed by atoms with E-state index in [0.717, 1.165) is 26.2 Å². The number of hydrogen-bond acceptors (Lipinski definition) is 5. The van der Waals surface area contributed by atoms with Gasteiger partial charge in [0.1, 0.15) is 5.75 Å². The van der Waals surface area contributed by atoms with Crippen molar-refractivity contribution in [3.63, 3.8) is 0 Å². The van der Waals surface area contributed by atoms with E-state index in [1.165, 1.54) is 12.1 Å². The van der Waals surface area contributed by atoms with Gasteiger partial charge in [0.15, 0.2) is 0 Å². The van der Waals surface area contributed by atoms with Gasteiger partial charge in [-0.25, -0.2) is 0 Å². The molecule has 28 heavy (non-hydrogen) atoms. The second-order valence-corrected chi connectivity index (χ2v) is 8.34. The molecule has 2 fully saturated rings. The Hall–Kier alpha value is -1.54. The predicted molar refractivity (Wildman–Crippen MR) is 109 cm³/mol. The predicted octanol–water partition coefficient (Wildman–Crippen LogP) is 1.67. The zero-order valence-electron chi connectivity index (χ0n) is 16.0. The molecule has 0 spiro atoms. The Kier molecular flexibility index (Phi) is 7.04. The lowest BCUT2D eigenvalue weighted by Gasteiger charge is -2.36. The number of carbonyl (C=O) groups is 2. The Balaban J connectivity index is 1.47. The molecule has 0 bridgehead atoms. The van der Waals surface area contributed by atoms with Gasteiger partial charge < -0.3 is 20.2 Å². The number of likely N-dealkylation sites (N-methyl/N-ethyl adjacent to an activating group) is 1. The second-order valence-electron chi connectivity index (χ2n) is 7.49. The van der Waals surface area contributed by atoms with Crippen LogP contribution in [0.25, 0.3) is 0 Å². The first kappa shape index (κ1) is 21.2. The van der Waals surface area contributed by atoms with Crippen molar-refractivity contribution in [2.45, 2.75) is 18.9 Å². The number of piperazine rings is 1. The van der Waals surface area contributed by atoms with E-state index in [-0.39, 0.29) is 33.3 Å². The van der Waals surface area contributed by atoms with E-state index in [4.69, 9.17) is 23.2 Å². The molecule has 9 heteroatoms. The minimum atomic E-state index is -0.413. The molecule has 3 rings (SSSR count). The van der Waals surface area contributed by atoms with E-state index in [9.17, 15) is 14.7 Å². The number of phenolic OH excluding ortho intramolecular Hbond substituents is 1. The number of likely N-dealkylation sites (tertiary alicyclic amines) is 1. The highest BCUT2D eigenvalue weighted by atomic mass is 35.5. The molecule has 2 saturated heterocycles. The maximum absolute atomic E-state index is 12.5. The van der Waals surface area contributed by atoms with Gasteiger partial charge in [0.2, 0.25) is 5.91 Å². The number of hydrogen-bond donors (Lipinski definition) is 2. The molecule has 1 aromatic rings. The van der Waals surface area contributed by atoms with Gasteiger partial charge in [0.05, 0.1) is 17.1 Å². The van der Waals surface area contributed by atoms with Gasteiger partial charge in [-0.15, -0.1) is 0 Å². The van der Waals surface area contributed by atoms with Gasteiger partial charge in [0.25, 0.3) is 5.91 Å². The summed E-state index contributed by atoms with van der Waals surface area (Å²) in [4.78, 5) is 31.3. The van der Waals surface area contributed by atoms with Gasteiger partial charge in [0, 0.05) is 50.3 Å². The topological polar surface area (TPSA) is 76.1 Å². The van der Waals surface area contributed by atoms with Crippen molar-refractivity contribution in [1.82, 2.24) is 20.0 Å². The van der Waals surface area contributed by atoms with Crippen LogP contribution in [0.3, 0.4) is 0 Å². The standard InChI is InChI=1S/C19H26Cl2N4O3/c1-23-6-8-24(9-7-23)12-17(26)25-4-2-14(3-5-25)22-19(28)15-10-13(20)11-16(21)18(15)27/h10-11,14,27H,2-9,12H2,1H3,(H,22,28). The van der Waals surface area contributed by atoms with Crippen LogP contribution in [0.2, 0.25) is 10.0 Å². The zero-order valence-corrected chi connectivity index (χ0v) is 17.5. The van der Waals surface area contributed by atoms with Gasteiger partial charge in [-0.2, -0.15) is 0 Å². The molecular weight excluding hydrogens is 403 g/mol.